The summed E-state index contributed by atoms with van der Waals surface area (Å²) >= 11 is 0. The molecule has 2 N–H and O–H groups in total. The summed E-state index contributed by atoms with van der Waals surface area (Å²) in [7, 11) is 0. The van der Waals surface area contributed by atoms with Crippen molar-refractivity contribution in [3.8, 4) is 0 Å². The quantitative estimate of drug-likeness (QED) is 0.570. The summed E-state index contributed by atoms with van der Waals surface area (Å²) in [5.41, 5.74) is 0.874. The van der Waals surface area contributed by atoms with Crippen LogP contribution in [0.25, 0.3) is 0 Å². The third-order valence-electron chi connectivity index (χ3n) is 5.35. The molecule has 0 bridgehead atoms. The minimum absolute atomic E-state index is 0.0805. The molecule has 0 aromatic carbocycles. The Balaban J connectivity index is 2.16. The number of nitrogens with zero attached hydrogens (tertiary/aromatic N) is 1. The fourth-order valence-corrected chi connectivity index (χ4v) is 3.39. The van der Waals surface area contributed by atoms with E-state index >= 15 is 0 Å². The molecule has 0 saturated carbocycles. The van der Waals surface area contributed by atoms with Crippen LogP contribution in [0.5, 0.6) is 0 Å². The number of pyridine rings is 1. The van der Waals surface area contributed by atoms with E-state index in [0.717, 1.165) is 11.3 Å². The van der Waals surface area contributed by atoms with E-state index in [9.17, 15) is 15.0 Å². The van der Waals surface area contributed by atoms with Gasteiger partial charge in [0.2, 0.25) is 0 Å². The van der Waals surface area contributed by atoms with Crippen LogP contribution in [0, 0.1) is 12.3 Å². The number of carbonyl (C=O) groups excluding carboxylic acids is 1. The number of esters is 1. The topological polar surface area (TPSA) is 79.7 Å². The number of aliphatic hydroxyl groups is 2. The van der Waals surface area contributed by atoms with E-state index in [1.165, 1.54) is 0 Å². The minimum atomic E-state index is -1.02. The van der Waals surface area contributed by atoms with Gasteiger partial charge in [0.1, 0.15) is 6.10 Å². The normalized spacial score (nSPS) is 31.5. The molecule has 30 heavy (non-hydrogen) atoms. The lowest BCUT2D eigenvalue weighted by molar-refractivity contribution is -0.151. The molecule has 0 saturated heterocycles. The summed E-state index contributed by atoms with van der Waals surface area (Å²) < 4.78 is 5.72. The van der Waals surface area contributed by atoms with Crippen LogP contribution in [-0.2, 0) is 9.53 Å². The average molecular weight is 413 g/mol. The first-order valence-electron chi connectivity index (χ1n) is 10.6. The molecule has 1 aromatic rings. The van der Waals surface area contributed by atoms with E-state index in [1.807, 2.05) is 56.4 Å². The van der Waals surface area contributed by atoms with Crippen molar-refractivity contribution in [1.82, 2.24) is 4.98 Å². The van der Waals surface area contributed by atoms with E-state index in [1.54, 1.807) is 19.5 Å². The predicted octanol–water partition coefficient (Wildman–Crippen LogP) is 4.29. The van der Waals surface area contributed by atoms with Crippen molar-refractivity contribution >= 4 is 5.97 Å². The molecule has 1 aliphatic heterocycles. The number of hydrogen-bond donors (Lipinski definition) is 2. The molecular formula is C25H34NO4. The predicted molar refractivity (Wildman–Crippen MR) is 119 cm³/mol. The van der Waals surface area contributed by atoms with E-state index in [0.29, 0.717) is 12.8 Å². The zero-order chi connectivity index (χ0) is 22.1. The van der Waals surface area contributed by atoms with Gasteiger partial charge in [0.25, 0.3) is 0 Å². The molecule has 5 nitrogen and oxygen atoms in total. The van der Waals surface area contributed by atoms with Gasteiger partial charge in [-0.05, 0) is 44.4 Å². The maximum atomic E-state index is 12.4. The summed E-state index contributed by atoms with van der Waals surface area (Å²) in [4.78, 5) is 16.7. The van der Waals surface area contributed by atoms with Crippen LogP contribution in [0.2, 0.25) is 0 Å². The van der Waals surface area contributed by atoms with E-state index in [-0.39, 0.29) is 18.3 Å². The Bertz CT molecular complexity index is 767. The number of cyclic esters (lactones) is 1. The number of hydrogen-bond acceptors (Lipinski definition) is 5. The molecule has 0 fully saturated rings. The summed E-state index contributed by atoms with van der Waals surface area (Å²) in [5.74, 6) is -0.357. The summed E-state index contributed by atoms with van der Waals surface area (Å²) in [5, 5.41) is 20.5. The second-order valence-corrected chi connectivity index (χ2v) is 8.41. The first-order chi connectivity index (χ1) is 14.2. The Labute approximate surface area is 180 Å². The Morgan fingerprint density at radius 1 is 1.40 bits per heavy atom. The zero-order valence-electron chi connectivity index (χ0n) is 18.4. The molecule has 5 heteroatoms. The van der Waals surface area contributed by atoms with Crippen molar-refractivity contribution in [2.75, 3.05) is 0 Å². The van der Waals surface area contributed by atoms with Gasteiger partial charge in [-0.3, -0.25) is 9.78 Å². The second-order valence-electron chi connectivity index (χ2n) is 8.41. The summed E-state index contributed by atoms with van der Waals surface area (Å²) in [6.45, 7) is 7.68. The van der Waals surface area contributed by atoms with Gasteiger partial charge in [-0.15, -0.1) is 0 Å². The highest BCUT2D eigenvalue weighted by Gasteiger charge is 2.26. The van der Waals surface area contributed by atoms with Gasteiger partial charge in [0.05, 0.1) is 18.1 Å². The zero-order valence-corrected chi connectivity index (χ0v) is 18.4. The monoisotopic (exact) mass is 412 g/mol. The second kappa shape index (κ2) is 11.2. The highest BCUT2D eigenvalue weighted by Crippen LogP contribution is 2.24. The SMILES string of the molecule is C/C(=C\C=C\[C@@H](C)c1ccccn1)[C@@H]1OC(=O)C[C@@H](O)CC[C@](C)(O)[CH]/C=C/[C@H]1C. The van der Waals surface area contributed by atoms with Crippen LogP contribution in [-0.4, -0.2) is 39.0 Å². The summed E-state index contributed by atoms with van der Waals surface area (Å²) in [6.07, 6.45) is 12.6. The molecule has 1 radical (unpaired) electrons. The van der Waals surface area contributed by atoms with Crippen molar-refractivity contribution < 1.29 is 19.7 Å². The van der Waals surface area contributed by atoms with Gasteiger partial charge >= 0.3 is 5.97 Å². The van der Waals surface area contributed by atoms with Crippen LogP contribution in [0.3, 0.4) is 0 Å². The minimum Gasteiger partial charge on any atom is -0.457 e. The number of rotatable bonds is 4. The highest BCUT2D eigenvalue weighted by molar-refractivity contribution is 5.70. The van der Waals surface area contributed by atoms with Gasteiger partial charge in [-0.2, -0.15) is 0 Å². The van der Waals surface area contributed by atoms with Gasteiger partial charge in [-0.1, -0.05) is 50.3 Å². The van der Waals surface area contributed by atoms with Crippen molar-refractivity contribution in [3.05, 3.63) is 72.5 Å². The third-order valence-corrected chi connectivity index (χ3v) is 5.35. The third kappa shape index (κ3) is 7.88. The molecule has 0 unspecified atom stereocenters. The van der Waals surface area contributed by atoms with Crippen LogP contribution in [0.15, 0.2) is 60.3 Å². The van der Waals surface area contributed by atoms with E-state index in [4.69, 9.17) is 4.74 Å². The van der Waals surface area contributed by atoms with Crippen molar-refractivity contribution in [2.24, 2.45) is 5.92 Å². The number of carbonyl (C=O) groups is 1. The Morgan fingerprint density at radius 2 is 2.17 bits per heavy atom. The van der Waals surface area contributed by atoms with Crippen LogP contribution in [0.1, 0.15) is 58.6 Å². The van der Waals surface area contributed by atoms with Crippen molar-refractivity contribution in [2.45, 2.75) is 70.7 Å². The van der Waals surface area contributed by atoms with Crippen LogP contribution < -0.4 is 0 Å². The van der Waals surface area contributed by atoms with Crippen LogP contribution >= 0.6 is 0 Å². The largest absolute Gasteiger partial charge is 0.457 e. The molecular weight excluding hydrogens is 378 g/mol. The van der Waals surface area contributed by atoms with Gasteiger partial charge < -0.3 is 14.9 Å². The Kier molecular flexibility index (Phi) is 9.00. The molecule has 163 valence electrons. The maximum absolute atomic E-state index is 12.4. The fourth-order valence-electron chi connectivity index (χ4n) is 3.39. The molecule has 2 rings (SSSR count). The van der Waals surface area contributed by atoms with Gasteiger partial charge in [0, 0.05) is 30.1 Å². The molecule has 1 aromatic heterocycles. The number of aromatic nitrogens is 1. The number of allylic oxidation sites excluding steroid dienone is 3. The molecule has 2 heterocycles. The molecule has 0 aliphatic carbocycles. The average Bonchev–Trinajstić information content (AvgIpc) is 2.70. The molecule has 1 aliphatic rings. The van der Waals surface area contributed by atoms with Gasteiger partial charge in [-0.25, -0.2) is 0 Å². The fraction of sp³-hybridized carbons (Fsp3) is 0.480. The molecule has 5 atom stereocenters. The van der Waals surface area contributed by atoms with Crippen molar-refractivity contribution in [3.63, 3.8) is 0 Å². The highest BCUT2D eigenvalue weighted by atomic mass is 16.5. The first-order valence-corrected chi connectivity index (χ1v) is 10.6. The van der Waals surface area contributed by atoms with E-state index < -0.39 is 23.8 Å². The first kappa shape index (κ1) is 24.0. The van der Waals surface area contributed by atoms with Crippen LogP contribution in [0.4, 0.5) is 0 Å². The Hall–Kier alpha value is -2.24. The lowest BCUT2D eigenvalue weighted by Crippen LogP contribution is -2.30. The summed E-state index contributed by atoms with van der Waals surface area (Å²) in [6, 6.07) is 5.85. The number of ether oxygens (including phenoxy) is 1. The smallest absolute Gasteiger partial charge is 0.309 e. The van der Waals surface area contributed by atoms with Crippen molar-refractivity contribution in [1.29, 1.82) is 0 Å². The number of aliphatic hydroxyl groups excluding tert-OH is 1. The maximum Gasteiger partial charge on any atom is 0.309 e. The molecule has 0 spiro atoms. The van der Waals surface area contributed by atoms with E-state index in [2.05, 4.69) is 18.0 Å². The standard InChI is InChI=1S/C25H34NO4/c1-18(22-12-5-6-16-26-22)9-7-10-19(2)24-20(3)11-8-14-25(4,29)15-13-21(27)17-23(28)30-24/h5-12,14,16,18,20-21,24,27,29H,13,15,17H2,1-4H3/b9-7+,11-8+,19-10+/t18-,20-,21+,24+,25-/m1/s1. The Morgan fingerprint density at radius 3 is 2.87 bits per heavy atom. The molecule has 0 amide bonds. The lowest BCUT2D eigenvalue weighted by Gasteiger charge is -2.27. The van der Waals surface area contributed by atoms with Gasteiger partial charge in [0.15, 0.2) is 0 Å². The lowest BCUT2D eigenvalue weighted by atomic mass is 9.91.